The van der Waals surface area contributed by atoms with Gasteiger partial charge in [-0.05, 0) is 69.8 Å². The van der Waals surface area contributed by atoms with Crippen LogP contribution in [0.25, 0.3) is 10.9 Å². The summed E-state index contributed by atoms with van der Waals surface area (Å²) in [7, 11) is 4.50. The molecule has 1 aliphatic carbocycles. The Bertz CT molecular complexity index is 1400. The highest BCUT2D eigenvalue weighted by molar-refractivity contribution is 5.88. The molecule has 2 fully saturated rings. The smallest absolute Gasteiger partial charge is 0.336 e. The third kappa shape index (κ3) is 6.67. The zero-order valence-corrected chi connectivity index (χ0v) is 24.3. The van der Waals surface area contributed by atoms with Crippen molar-refractivity contribution in [3.63, 3.8) is 0 Å². The van der Waals surface area contributed by atoms with Crippen molar-refractivity contribution in [1.29, 1.82) is 0 Å². The number of benzene rings is 2. The molecule has 2 heterocycles. The number of hydrogen-bond donors (Lipinski definition) is 4. The minimum absolute atomic E-state index is 0.155. The molecule has 5 rings (SSSR count). The third-order valence-corrected chi connectivity index (χ3v) is 8.71. The second-order valence-corrected chi connectivity index (χ2v) is 11.6. The Hall–Kier alpha value is -3.73. The highest BCUT2D eigenvalue weighted by Crippen LogP contribution is 2.48. The molecule has 0 radical (unpaired) electrons. The molecular weight excluding hydrogens is 540 g/mol. The number of hydrogen-bond acceptors (Lipinski definition) is 6. The van der Waals surface area contributed by atoms with Crippen molar-refractivity contribution < 1.29 is 39.5 Å². The number of aromatic nitrogens is 1. The van der Waals surface area contributed by atoms with Crippen molar-refractivity contribution in [2.45, 2.75) is 75.2 Å². The molecule has 0 amide bonds. The Labute approximate surface area is 245 Å². The number of nitrogens with zero attached hydrogens (tertiary/aromatic N) is 2. The molecule has 0 spiro atoms. The standard InChI is InChI=1S/C26H32N2O.C6H8O7/c1-19-23-11-7-8-12-24(23)28(17-22-18-29-22)25(19)20-13-15-26(16-14-20,27(2)3)21-9-5-4-6-10-21;7-3(8)1-6(13,5(11)12)2-4(9)10/h4-12,20,22H,13-18H2,1-3H3;13H,1-2H2,(H,7,8)(H,9,10)(H,11,12). The van der Waals surface area contributed by atoms with E-state index in [1.54, 1.807) is 5.69 Å². The van der Waals surface area contributed by atoms with Gasteiger partial charge in [0.05, 0.1) is 32.1 Å². The van der Waals surface area contributed by atoms with Crippen LogP contribution in [0.2, 0.25) is 0 Å². The molecule has 2 aromatic carbocycles. The van der Waals surface area contributed by atoms with Crippen LogP contribution in [-0.4, -0.2) is 80.2 Å². The van der Waals surface area contributed by atoms with Crippen LogP contribution in [0.3, 0.4) is 0 Å². The third-order valence-electron chi connectivity index (χ3n) is 8.71. The fourth-order valence-electron chi connectivity index (χ4n) is 6.42. The average Bonchev–Trinajstić information content (AvgIpc) is 3.72. The lowest BCUT2D eigenvalue weighted by Crippen LogP contribution is -2.44. The number of carboxylic acids is 3. The van der Waals surface area contributed by atoms with E-state index in [0.717, 1.165) is 13.2 Å². The number of aryl methyl sites for hydroxylation is 1. The van der Waals surface area contributed by atoms with Crippen LogP contribution in [0.4, 0.5) is 0 Å². The number of fused-ring (bicyclic) bond motifs is 1. The Morgan fingerprint density at radius 2 is 1.50 bits per heavy atom. The minimum atomic E-state index is -2.74. The van der Waals surface area contributed by atoms with Crippen molar-refractivity contribution in [2.75, 3.05) is 20.7 Å². The first-order valence-corrected chi connectivity index (χ1v) is 14.2. The fourth-order valence-corrected chi connectivity index (χ4v) is 6.42. The molecule has 1 atom stereocenters. The first-order chi connectivity index (χ1) is 19.9. The first kappa shape index (κ1) is 31.2. The number of epoxide rings is 1. The summed E-state index contributed by atoms with van der Waals surface area (Å²) in [6.45, 7) is 4.23. The molecule has 0 bridgehead atoms. The van der Waals surface area contributed by atoms with Gasteiger partial charge in [0.1, 0.15) is 0 Å². The van der Waals surface area contributed by atoms with E-state index in [0.29, 0.717) is 12.0 Å². The van der Waals surface area contributed by atoms with Gasteiger partial charge in [-0.25, -0.2) is 4.79 Å². The molecule has 10 nitrogen and oxygen atoms in total. The molecule has 1 aromatic heterocycles. The molecule has 3 aromatic rings. The molecule has 4 N–H and O–H groups in total. The van der Waals surface area contributed by atoms with Gasteiger partial charge in [0.25, 0.3) is 0 Å². The predicted molar refractivity (Wildman–Crippen MR) is 157 cm³/mol. The maximum Gasteiger partial charge on any atom is 0.336 e. The molecule has 1 unspecified atom stereocenters. The zero-order chi connectivity index (χ0) is 30.7. The summed E-state index contributed by atoms with van der Waals surface area (Å²) < 4.78 is 8.19. The van der Waals surface area contributed by atoms with E-state index >= 15 is 0 Å². The van der Waals surface area contributed by atoms with Gasteiger partial charge in [-0.2, -0.15) is 0 Å². The maximum absolute atomic E-state index is 10.3. The maximum atomic E-state index is 10.3. The van der Waals surface area contributed by atoms with Gasteiger partial charge in [-0.1, -0.05) is 48.5 Å². The van der Waals surface area contributed by atoms with Crippen molar-refractivity contribution in [2.24, 2.45) is 0 Å². The average molecular weight is 581 g/mol. The molecule has 2 aliphatic rings. The van der Waals surface area contributed by atoms with E-state index in [1.165, 1.54) is 47.7 Å². The van der Waals surface area contributed by atoms with E-state index in [2.05, 4.69) is 85.1 Å². The SMILES string of the molecule is Cc1c(C2CCC(c3ccccc3)(N(C)C)CC2)n(CC2CO2)c2ccccc12.O=C(O)CC(O)(CC(=O)O)C(=O)O. The number of rotatable bonds is 10. The summed E-state index contributed by atoms with van der Waals surface area (Å²) in [6.07, 6.45) is 2.98. The van der Waals surface area contributed by atoms with Gasteiger partial charge in [-0.3, -0.25) is 14.5 Å². The summed E-state index contributed by atoms with van der Waals surface area (Å²) in [5, 5.41) is 35.2. The topological polar surface area (TPSA) is 153 Å². The van der Waals surface area contributed by atoms with Crippen LogP contribution in [0, 0.1) is 6.92 Å². The van der Waals surface area contributed by atoms with Gasteiger partial charge < -0.3 is 29.7 Å². The van der Waals surface area contributed by atoms with Crippen molar-refractivity contribution in [3.8, 4) is 0 Å². The molecular formula is C32H40N2O8. The van der Waals surface area contributed by atoms with Gasteiger partial charge >= 0.3 is 17.9 Å². The summed E-state index contributed by atoms with van der Waals surface area (Å²) in [6, 6.07) is 20.0. The van der Waals surface area contributed by atoms with Crippen LogP contribution >= 0.6 is 0 Å². The Kier molecular flexibility index (Phi) is 9.40. The van der Waals surface area contributed by atoms with E-state index in [1.807, 2.05) is 0 Å². The summed E-state index contributed by atoms with van der Waals surface area (Å²) in [4.78, 5) is 32.9. The van der Waals surface area contributed by atoms with Gasteiger partial charge in [0.2, 0.25) is 0 Å². The van der Waals surface area contributed by atoms with Gasteiger partial charge in [0, 0.05) is 22.1 Å². The van der Waals surface area contributed by atoms with E-state index in [4.69, 9.17) is 25.2 Å². The zero-order valence-electron chi connectivity index (χ0n) is 24.3. The Morgan fingerprint density at radius 3 is 2.00 bits per heavy atom. The number of aliphatic hydroxyl groups is 1. The van der Waals surface area contributed by atoms with Crippen LogP contribution < -0.4 is 0 Å². The summed E-state index contributed by atoms with van der Waals surface area (Å²) >= 11 is 0. The lowest BCUT2D eigenvalue weighted by molar-refractivity contribution is -0.170. The minimum Gasteiger partial charge on any atom is -0.481 e. The number of ether oxygens (including phenoxy) is 1. The second kappa shape index (κ2) is 12.6. The number of carbonyl (C=O) groups is 3. The molecule has 1 saturated heterocycles. The lowest BCUT2D eigenvalue weighted by atomic mass is 9.71. The normalized spacial score (nSPS) is 21.9. The van der Waals surface area contributed by atoms with Gasteiger partial charge in [0.15, 0.2) is 5.60 Å². The second-order valence-electron chi connectivity index (χ2n) is 11.6. The molecule has 226 valence electrons. The highest BCUT2D eigenvalue weighted by atomic mass is 16.6. The van der Waals surface area contributed by atoms with Crippen LogP contribution in [0.1, 0.15) is 61.3 Å². The Balaban J connectivity index is 0.000000266. The van der Waals surface area contributed by atoms with E-state index in [-0.39, 0.29) is 5.54 Å². The van der Waals surface area contributed by atoms with Crippen LogP contribution in [0.5, 0.6) is 0 Å². The fraction of sp³-hybridized carbons (Fsp3) is 0.469. The molecule has 1 aliphatic heterocycles. The number of para-hydroxylation sites is 1. The largest absolute Gasteiger partial charge is 0.481 e. The highest BCUT2D eigenvalue weighted by Gasteiger charge is 2.41. The number of carboxylic acid groups (broad SMARTS) is 3. The van der Waals surface area contributed by atoms with Gasteiger partial charge in [-0.15, -0.1) is 0 Å². The van der Waals surface area contributed by atoms with Crippen LogP contribution in [-0.2, 0) is 31.2 Å². The molecule has 42 heavy (non-hydrogen) atoms. The quantitative estimate of drug-likeness (QED) is 0.258. The Morgan fingerprint density at radius 1 is 0.952 bits per heavy atom. The molecule has 10 heteroatoms. The monoisotopic (exact) mass is 580 g/mol. The van der Waals surface area contributed by atoms with Crippen molar-refractivity contribution >= 4 is 28.8 Å². The van der Waals surface area contributed by atoms with E-state index < -0.39 is 36.4 Å². The lowest BCUT2D eigenvalue weighted by Gasteiger charge is -2.46. The van der Waals surface area contributed by atoms with Crippen molar-refractivity contribution in [1.82, 2.24) is 9.47 Å². The summed E-state index contributed by atoms with van der Waals surface area (Å²) in [5.74, 6) is -4.40. The molecule has 1 saturated carbocycles. The predicted octanol–water partition coefficient (Wildman–Crippen LogP) is 4.21. The van der Waals surface area contributed by atoms with Crippen molar-refractivity contribution in [3.05, 3.63) is 71.4 Å². The number of aliphatic carboxylic acids is 3. The summed E-state index contributed by atoms with van der Waals surface area (Å²) in [5.41, 5.74) is 3.29. The first-order valence-electron chi connectivity index (χ1n) is 14.2. The van der Waals surface area contributed by atoms with Crippen LogP contribution in [0.15, 0.2) is 54.6 Å². The van der Waals surface area contributed by atoms with E-state index in [9.17, 15) is 14.4 Å².